The number of methoxy groups -OCH3 is 1. The molecule has 3 N–H and O–H groups in total. The van der Waals surface area contributed by atoms with Gasteiger partial charge < -0.3 is 20.1 Å². The van der Waals surface area contributed by atoms with Crippen molar-refractivity contribution in [3.63, 3.8) is 0 Å². The van der Waals surface area contributed by atoms with Crippen molar-refractivity contribution in [2.24, 2.45) is 0 Å². The van der Waals surface area contributed by atoms with Crippen molar-refractivity contribution in [1.82, 2.24) is 25.9 Å². The van der Waals surface area contributed by atoms with Crippen molar-refractivity contribution in [3.8, 4) is 17.6 Å². The summed E-state index contributed by atoms with van der Waals surface area (Å²) >= 11 is 0. The van der Waals surface area contributed by atoms with E-state index in [0.717, 1.165) is 5.75 Å². The van der Waals surface area contributed by atoms with Gasteiger partial charge in [0, 0.05) is 6.20 Å². The number of aromatic nitrogens is 4. The van der Waals surface area contributed by atoms with Crippen LogP contribution < -0.4 is 20.1 Å². The highest BCUT2D eigenvalue weighted by molar-refractivity contribution is 6.00. The van der Waals surface area contributed by atoms with Gasteiger partial charge in [0.05, 0.1) is 24.9 Å². The van der Waals surface area contributed by atoms with E-state index in [-0.39, 0.29) is 17.3 Å². The Balaban J connectivity index is 1.56. The molecular weight excluding hydrogens is 386 g/mol. The van der Waals surface area contributed by atoms with Crippen LogP contribution in [0.2, 0.25) is 0 Å². The molecule has 1 amide bonds. The monoisotopic (exact) mass is 405 g/mol. The van der Waals surface area contributed by atoms with E-state index in [1.165, 1.54) is 6.20 Å². The second-order valence-electron chi connectivity index (χ2n) is 5.88. The summed E-state index contributed by atoms with van der Waals surface area (Å²) in [5.74, 6) is 1.31. The van der Waals surface area contributed by atoms with Crippen LogP contribution in [-0.4, -0.2) is 46.8 Å². The molecule has 0 atom stereocenters. The lowest BCUT2D eigenvalue weighted by Gasteiger charge is -2.11. The topological polar surface area (TPSA) is 138 Å². The van der Waals surface area contributed by atoms with Gasteiger partial charge in [-0.05, 0) is 41.6 Å². The SMILES string of the molecule is COc1ccc(OCCNC(=O)c2ccccc2NC=C(C#N)c2nn[nH]n2)cc1. The first-order valence-electron chi connectivity index (χ1n) is 8.96. The number of para-hydroxylation sites is 1. The van der Waals surface area contributed by atoms with E-state index in [0.29, 0.717) is 30.2 Å². The summed E-state index contributed by atoms with van der Waals surface area (Å²) in [6.45, 7) is 0.630. The molecule has 1 heterocycles. The lowest BCUT2D eigenvalue weighted by atomic mass is 10.1. The fourth-order valence-electron chi connectivity index (χ4n) is 2.48. The van der Waals surface area contributed by atoms with Crippen LogP contribution in [0.4, 0.5) is 5.69 Å². The van der Waals surface area contributed by atoms with Gasteiger partial charge in [0.25, 0.3) is 5.91 Å². The number of carbonyl (C=O) groups excluding carboxylic acids is 1. The number of carbonyl (C=O) groups is 1. The van der Waals surface area contributed by atoms with E-state index >= 15 is 0 Å². The smallest absolute Gasteiger partial charge is 0.253 e. The molecule has 0 fully saturated rings. The third-order valence-electron chi connectivity index (χ3n) is 3.97. The quantitative estimate of drug-likeness (QED) is 0.363. The van der Waals surface area contributed by atoms with Gasteiger partial charge in [-0.15, -0.1) is 10.2 Å². The van der Waals surface area contributed by atoms with E-state index in [4.69, 9.17) is 9.47 Å². The number of nitriles is 1. The van der Waals surface area contributed by atoms with Crippen LogP contribution in [0.1, 0.15) is 16.2 Å². The molecule has 0 saturated heterocycles. The molecule has 0 aliphatic heterocycles. The van der Waals surface area contributed by atoms with Gasteiger partial charge in [0.2, 0.25) is 5.82 Å². The number of H-pyrrole nitrogens is 1. The maximum atomic E-state index is 12.6. The van der Waals surface area contributed by atoms with Gasteiger partial charge in [0.15, 0.2) is 0 Å². The first-order chi connectivity index (χ1) is 14.7. The van der Waals surface area contributed by atoms with Crippen LogP contribution in [0.5, 0.6) is 11.5 Å². The standard InChI is InChI=1S/C20H19N7O3/c1-29-15-6-8-16(9-7-15)30-11-10-22-20(28)17-4-2-3-5-18(17)23-13-14(12-21)19-24-26-27-25-19/h2-9,13,23H,10-11H2,1H3,(H,22,28)(H,24,25,26,27). The Morgan fingerprint density at radius 2 is 1.97 bits per heavy atom. The largest absolute Gasteiger partial charge is 0.497 e. The molecule has 0 saturated carbocycles. The first kappa shape index (κ1) is 20.3. The highest BCUT2D eigenvalue weighted by atomic mass is 16.5. The minimum atomic E-state index is -0.275. The number of aromatic amines is 1. The Labute approximate surface area is 172 Å². The first-order valence-corrected chi connectivity index (χ1v) is 8.96. The Morgan fingerprint density at radius 3 is 2.67 bits per heavy atom. The molecular formula is C20H19N7O3. The number of tetrazole rings is 1. The summed E-state index contributed by atoms with van der Waals surface area (Å²) in [5.41, 5.74) is 1.12. The van der Waals surface area contributed by atoms with E-state index in [2.05, 4.69) is 31.3 Å². The third-order valence-corrected chi connectivity index (χ3v) is 3.97. The molecule has 152 valence electrons. The molecule has 1 aromatic heterocycles. The van der Waals surface area contributed by atoms with E-state index in [9.17, 15) is 10.1 Å². The minimum Gasteiger partial charge on any atom is -0.497 e. The van der Waals surface area contributed by atoms with E-state index in [1.54, 1.807) is 55.6 Å². The van der Waals surface area contributed by atoms with Gasteiger partial charge in [0.1, 0.15) is 29.7 Å². The second-order valence-corrected chi connectivity index (χ2v) is 5.88. The summed E-state index contributed by atoms with van der Waals surface area (Å²) in [7, 11) is 1.60. The van der Waals surface area contributed by atoms with Crippen LogP contribution in [0.15, 0.2) is 54.7 Å². The predicted octanol–water partition coefficient (Wildman–Crippen LogP) is 1.99. The highest BCUT2D eigenvalue weighted by Gasteiger charge is 2.11. The number of allylic oxidation sites excluding steroid dienone is 1. The molecule has 0 bridgehead atoms. The average Bonchev–Trinajstić information content (AvgIpc) is 3.32. The molecule has 3 aromatic rings. The summed E-state index contributed by atoms with van der Waals surface area (Å²) in [4.78, 5) is 12.6. The number of anilines is 1. The molecule has 0 aliphatic rings. The van der Waals surface area contributed by atoms with E-state index < -0.39 is 0 Å². The zero-order valence-corrected chi connectivity index (χ0v) is 16.1. The number of benzene rings is 2. The molecule has 30 heavy (non-hydrogen) atoms. The number of hydrogen-bond acceptors (Lipinski definition) is 8. The van der Waals surface area contributed by atoms with Gasteiger partial charge in [-0.25, -0.2) is 0 Å². The minimum absolute atomic E-state index is 0.155. The van der Waals surface area contributed by atoms with Gasteiger partial charge in [-0.1, -0.05) is 12.1 Å². The number of hydrogen-bond donors (Lipinski definition) is 3. The number of rotatable bonds is 9. The molecule has 2 aromatic carbocycles. The van der Waals surface area contributed by atoms with Gasteiger partial charge >= 0.3 is 0 Å². The molecule has 3 rings (SSSR count). The average molecular weight is 405 g/mol. The molecule has 0 aliphatic carbocycles. The number of nitrogens with one attached hydrogen (secondary N) is 3. The van der Waals surface area contributed by atoms with Crippen molar-refractivity contribution < 1.29 is 14.3 Å². The molecule has 10 heteroatoms. The fourth-order valence-corrected chi connectivity index (χ4v) is 2.48. The Hall–Kier alpha value is -4.39. The Morgan fingerprint density at radius 1 is 1.20 bits per heavy atom. The van der Waals surface area contributed by atoms with Gasteiger partial charge in [-0.2, -0.15) is 10.5 Å². The van der Waals surface area contributed by atoms with E-state index in [1.807, 2.05) is 6.07 Å². The predicted molar refractivity (Wildman–Crippen MR) is 109 cm³/mol. The summed E-state index contributed by atoms with van der Waals surface area (Å²) in [5, 5.41) is 28.2. The normalized spacial score (nSPS) is 10.7. The van der Waals surface area contributed by atoms with Crippen molar-refractivity contribution in [2.75, 3.05) is 25.6 Å². The Bertz CT molecular complexity index is 1040. The maximum Gasteiger partial charge on any atom is 0.253 e. The number of nitrogens with zero attached hydrogens (tertiary/aromatic N) is 4. The van der Waals surface area contributed by atoms with Crippen molar-refractivity contribution in [1.29, 1.82) is 5.26 Å². The maximum absolute atomic E-state index is 12.6. The van der Waals surface area contributed by atoms with Crippen molar-refractivity contribution in [2.45, 2.75) is 0 Å². The lowest BCUT2D eigenvalue weighted by molar-refractivity contribution is 0.0948. The zero-order chi connectivity index (χ0) is 21.2. The third kappa shape index (κ3) is 5.32. The Kier molecular flexibility index (Phi) is 6.94. The molecule has 0 unspecified atom stereocenters. The van der Waals surface area contributed by atoms with Crippen LogP contribution >= 0.6 is 0 Å². The number of ether oxygens (including phenoxy) is 2. The molecule has 0 radical (unpaired) electrons. The molecule has 10 nitrogen and oxygen atoms in total. The summed E-state index contributed by atoms with van der Waals surface area (Å²) in [6, 6.07) is 16.1. The van der Waals surface area contributed by atoms with Gasteiger partial charge in [-0.3, -0.25) is 4.79 Å². The van der Waals surface area contributed by atoms with Crippen molar-refractivity contribution >= 4 is 17.2 Å². The van der Waals surface area contributed by atoms with Crippen LogP contribution in [0.25, 0.3) is 5.57 Å². The highest BCUT2D eigenvalue weighted by Crippen LogP contribution is 2.18. The zero-order valence-electron chi connectivity index (χ0n) is 16.1. The van der Waals surface area contributed by atoms with Crippen molar-refractivity contribution in [3.05, 3.63) is 66.1 Å². The summed E-state index contributed by atoms with van der Waals surface area (Å²) < 4.78 is 10.7. The molecule has 0 spiro atoms. The number of amides is 1. The van der Waals surface area contributed by atoms with Crippen LogP contribution in [0.3, 0.4) is 0 Å². The van der Waals surface area contributed by atoms with Crippen LogP contribution in [0, 0.1) is 11.3 Å². The van der Waals surface area contributed by atoms with Crippen LogP contribution in [-0.2, 0) is 0 Å². The fraction of sp³-hybridized carbons (Fsp3) is 0.150. The summed E-state index contributed by atoms with van der Waals surface area (Å²) in [6.07, 6.45) is 1.42. The second kappa shape index (κ2) is 10.2. The lowest BCUT2D eigenvalue weighted by Crippen LogP contribution is -2.28.